The number of unbranched alkanes of at least 4 members (excludes halogenated alkanes) is 1. The van der Waals surface area contributed by atoms with Gasteiger partial charge in [-0.25, -0.2) is 0 Å². The van der Waals surface area contributed by atoms with E-state index in [1.165, 1.54) is 53.3 Å². The van der Waals surface area contributed by atoms with E-state index in [4.69, 9.17) is 14.7 Å². The molecule has 0 aliphatic carbocycles. The highest BCUT2D eigenvalue weighted by molar-refractivity contribution is 5.97. The number of hydrogen-bond donors (Lipinski definition) is 2. The van der Waals surface area contributed by atoms with E-state index >= 15 is 0 Å². The molecule has 2 aromatic carbocycles. The maximum atomic E-state index is 9.35. The molecule has 8 nitrogen and oxygen atoms in total. The molecule has 3 aromatic rings. The van der Waals surface area contributed by atoms with Crippen LogP contribution in [0.15, 0.2) is 36.4 Å². The van der Waals surface area contributed by atoms with E-state index in [1.54, 1.807) is 0 Å². The molecule has 0 saturated carbocycles. The Kier molecular flexibility index (Phi) is 7.71. The minimum Gasteiger partial charge on any atom is -0.462 e. The molecular formula is C33H44N6O2. The van der Waals surface area contributed by atoms with Crippen molar-refractivity contribution >= 4 is 22.3 Å². The standard InChI is InChI=1S/C33H44N6O2/c1-37-16-6-11-27(37)22-41-33-35-29-21-38(17-15-28(29)32(36-33)39-19-25-13-14-26(20-39)34-25)30-12-5-10-24-9-4-8-23(31(24)30)7-2-3-18-40/h4-5,8-10,12,25-27,34,40H,2-3,6-7,11,13-22H2,1H3/t25-,26+,27-/m0/s1. The van der Waals surface area contributed by atoms with Crippen LogP contribution < -0.4 is 19.9 Å². The Morgan fingerprint density at radius 3 is 2.59 bits per heavy atom. The van der Waals surface area contributed by atoms with Crippen LogP contribution in [-0.4, -0.2) is 84.5 Å². The van der Waals surface area contributed by atoms with Crippen LogP contribution in [0.25, 0.3) is 10.8 Å². The molecular weight excluding hydrogens is 512 g/mol. The first kappa shape index (κ1) is 26.9. The van der Waals surface area contributed by atoms with Crippen LogP contribution in [0, 0.1) is 0 Å². The lowest BCUT2D eigenvalue weighted by Crippen LogP contribution is -2.52. The lowest BCUT2D eigenvalue weighted by molar-refractivity contribution is 0.187. The SMILES string of the molecule is CN1CCC[C@H]1COc1nc2c(c(N3C[C@H]4CC[C@@H](C3)N4)n1)CCN(c1cccc3cccc(CCCCO)c13)C2. The number of rotatable bonds is 9. The summed E-state index contributed by atoms with van der Waals surface area (Å²) in [6.07, 6.45) is 8.64. The largest absolute Gasteiger partial charge is 0.462 e. The summed E-state index contributed by atoms with van der Waals surface area (Å²) < 4.78 is 6.37. The summed E-state index contributed by atoms with van der Waals surface area (Å²) in [5, 5.41) is 15.7. The molecule has 2 bridgehead atoms. The third-order valence-electron chi connectivity index (χ3n) is 9.78. The minimum absolute atomic E-state index is 0.249. The van der Waals surface area contributed by atoms with Crippen LogP contribution in [0.3, 0.4) is 0 Å². The highest BCUT2D eigenvalue weighted by atomic mass is 16.5. The van der Waals surface area contributed by atoms with Crippen molar-refractivity contribution < 1.29 is 9.84 Å². The van der Waals surface area contributed by atoms with Crippen molar-refractivity contribution in [3.05, 3.63) is 53.2 Å². The zero-order chi connectivity index (χ0) is 27.8. The number of fused-ring (bicyclic) bond motifs is 4. The fourth-order valence-electron chi connectivity index (χ4n) is 7.55. The van der Waals surface area contributed by atoms with Gasteiger partial charge in [0.1, 0.15) is 12.4 Å². The highest BCUT2D eigenvalue weighted by Crippen LogP contribution is 2.37. The van der Waals surface area contributed by atoms with Crippen LogP contribution in [0.2, 0.25) is 0 Å². The molecule has 41 heavy (non-hydrogen) atoms. The van der Waals surface area contributed by atoms with Crippen LogP contribution in [0.4, 0.5) is 11.5 Å². The van der Waals surface area contributed by atoms with E-state index < -0.39 is 0 Å². The van der Waals surface area contributed by atoms with Crippen molar-refractivity contribution in [2.24, 2.45) is 0 Å². The molecule has 3 atom stereocenters. The molecule has 0 radical (unpaired) electrons. The summed E-state index contributed by atoms with van der Waals surface area (Å²) in [7, 11) is 2.19. The van der Waals surface area contributed by atoms with Crippen molar-refractivity contribution in [1.29, 1.82) is 0 Å². The first-order valence-corrected chi connectivity index (χ1v) is 15.8. The predicted molar refractivity (Wildman–Crippen MR) is 164 cm³/mol. The lowest BCUT2D eigenvalue weighted by atomic mass is 9.96. The molecule has 3 saturated heterocycles. The number of aliphatic hydroxyl groups is 1. The number of aliphatic hydroxyl groups excluding tert-OH is 1. The molecule has 218 valence electrons. The van der Waals surface area contributed by atoms with Crippen LogP contribution in [-0.2, 0) is 19.4 Å². The van der Waals surface area contributed by atoms with Crippen LogP contribution >= 0.6 is 0 Å². The van der Waals surface area contributed by atoms with E-state index in [9.17, 15) is 5.11 Å². The number of hydrogen-bond acceptors (Lipinski definition) is 8. The lowest BCUT2D eigenvalue weighted by Gasteiger charge is -2.37. The number of ether oxygens (including phenoxy) is 1. The third-order valence-corrected chi connectivity index (χ3v) is 9.78. The second-order valence-electron chi connectivity index (χ2n) is 12.5. The summed E-state index contributed by atoms with van der Waals surface area (Å²) in [5.74, 6) is 1.10. The molecule has 4 aliphatic heterocycles. The number of likely N-dealkylation sites (N-methyl/N-ethyl adjacent to an activating group) is 1. The van der Waals surface area contributed by atoms with Gasteiger partial charge in [0, 0.05) is 61.0 Å². The summed E-state index contributed by atoms with van der Waals surface area (Å²) in [4.78, 5) is 17.6. The zero-order valence-electron chi connectivity index (χ0n) is 24.4. The second kappa shape index (κ2) is 11.7. The monoisotopic (exact) mass is 556 g/mol. The zero-order valence-corrected chi connectivity index (χ0v) is 24.4. The molecule has 4 aliphatic rings. The van der Waals surface area contributed by atoms with Crippen LogP contribution in [0.5, 0.6) is 6.01 Å². The van der Waals surface area contributed by atoms with E-state index in [0.29, 0.717) is 30.7 Å². The maximum absolute atomic E-state index is 9.35. The van der Waals surface area contributed by atoms with Crippen LogP contribution in [0.1, 0.15) is 55.3 Å². The van der Waals surface area contributed by atoms with Gasteiger partial charge in [0.25, 0.3) is 0 Å². The molecule has 3 fully saturated rings. The molecule has 7 rings (SSSR count). The fourth-order valence-corrected chi connectivity index (χ4v) is 7.55. The van der Waals surface area contributed by atoms with Gasteiger partial charge in [-0.2, -0.15) is 9.97 Å². The van der Waals surface area contributed by atoms with Gasteiger partial charge in [-0.3, -0.25) is 0 Å². The number of likely N-dealkylation sites (tertiary alicyclic amines) is 1. The van der Waals surface area contributed by atoms with Gasteiger partial charge in [0.2, 0.25) is 0 Å². The van der Waals surface area contributed by atoms with Crippen molar-refractivity contribution in [2.45, 2.75) is 76.0 Å². The summed E-state index contributed by atoms with van der Waals surface area (Å²) >= 11 is 0. The van der Waals surface area contributed by atoms with E-state index in [0.717, 1.165) is 69.9 Å². The molecule has 2 N–H and O–H groups in total. The van der Waals surface area contributed by atoms with Gasteiger partial charge >= 0.3 is 6.01 Å². The Labute approximate surface area is 243 Å². The number of piperazine rings is 1. The topological polar surface area (TPSA) is 77.0 Å². The summed E-state index contributed by atoms with van der Waals surface area (Å²) in [6, 6.07) is 15.4. The fraction of sp³-hybridized carbons (Fsp3) is 0.576. The number of nitrogens with zero attached hydrogens (tertiary/aromatic N) is 5. The molecule has 0 unspecified atom stereocenters. The number of benzene rings is 2. The number of nitrogens with one attached hydrogen (secondary N) is 1. The summed E-state index contributed by atoms with van der Waals surface area (Å²) in [5.41, 5.74) is 5.05. The highest BCUT2D eigenvalue weighted by Gasteiger charge is 2.35. The van der Waals surface area contributed by atoms with Crippen molar-refractivity contribution in [3.8, 4) is 6.01 Å². The quantitative estimate of drug-likeness (QED) is 0.384. The van der Waals surface area contributed by atoms with Crippen molar-refractivity contribution in [1.82, 2.24) is 20.2 Å². The van der Waals surface area contributed by atoms with Gasteiger partial charge in [-0.1, -0.05) is 30.3 Å². The molecule has 0 amide bonds. The molecule has 1 aromatic heterocycles. The van der Waals surface area contributed by atoms with Crippen molar-refractivity contribution in [3.63, 3.8) is 0 Å². The van der Waals surface area contributed by atoms with Gasteiger partial charge in [-0.05, 0) is 82.0 Å². The molecule has 0 spiro atoms. The average molecular weight is 557 g/mol. The van der Waals surface area contributed by atoms with Gasteiger partial charge in [0.15, 0.2) is 0 Å². The van der Waals surface area contributed by atoms with Gasteiger partial charge < -0.3 is 29.9 Å². The van der Waals surface area contributed by atoms with Gasteiger partial charge in [-0.15, -0.1) is 0 Å². The Bertz CT molecular complexity index is 1360. The summed E-state index contributed by atoms with van der Waals surface area (Å²) in [6.45, 7) is 5.75. The first-order chi connectivity index (χ1) is 20.2. The minimum atomic E-state index is 0.249. The number of aryl methyl sites for hydroxylation is 1. The predicted octanol–water partition coefficient (Wildman–Crippen LogP) is 3.92. The molecule has 5 heterocycles. The van der Waals surface area contributed by atoms with Gasteiger partial charge in [0.05, 0.1) is 12.2 Å². The van der Waals surface area contributed by atoms with E-state index in [1.807, 2.05) is 0 Å². The third kappa shape index (κ3) is 5.49. The number of anilines is 2. The maximum Gasteiger partial charge on any atom is 0.318 e. The average Bonchev–Trinajstić information content (AvgIpc) is 3.57. The Morgan fingerprint density at radius 2 is 1.80 bits per heavy atom. The number of aromatic nitrogens is 2. The smallest absolute Gasteiger partial charge is 0.318 e. The Balaban J connectivity index is 1.21. The Hall–Kier alpha value is -2.94. The first-order valence-electron chi connectivity index (χ1n) is 15.8. The Morgan fingerprint density at radius 1 is 0.976 bits per heavy atom. The molecule has 8 heteroatoms. The second-order valence-corrected chi connectivity index (χ2v) is 12.5. The van der Waals surface area contributed by atoms with E-state index in [2.05, 4.69) is 63.5 Å². The van der Waals surface area contributed by atoms with E-state index in [-0.39, 0.29) is 6.61 Å². The normalized spacial score (nSPS) is 24.3. The van der Waals surface area contributed by atoms with Crippen molar-refractivity contribution in [2.75, 3.05) is 56.2 Å².